The summed E-state index contributed by atoms with van der Waals surface area (Å²) in [6, 6.07) is 14.2. The van der Waals surface area contributed by atoms with E-state index in [9.17, 15) is 0 Å². The number of aromatic nitrogens is 4. The summed E-state index contributed by atoms with van der Waals surface area (Å²) in [5.41, 5.74) is 0.764. The molecule has 1 atom stereocenters. The number of hydrogen-bond donors (Lipinski definition) is 0. The highest BCUT2D eigenvalue weighted by atomic mass is 16.5. The molecule has 0 aliphatic carbocycles. The van der Waals surface area contributed by atoms with Gasteiger partial charge < -0.3 is 9.64 Å². The van der Waals surface area contributed by atoms with E-state index in [1.54, 1.807) is 10.8 Å². The molecular weight excluding hydrogens is 278 g/mol. The number of benzene rings is 1. The molecule has 0 bridgehead atoms. The van der Waals surface area contributed by atoms with E-state index in [2.05, 4.69) is 20.2 Å². The molecular formula is C16H17N5O. The molecule has 0 saturated carbocycles. The first-order valence-corrected chi connectivity index (χ1v) is 7.52. The lowest BCUT2D eigenvalue weighted by Crippen LogP contribution is -2.35. The Kier molecular flexibility index (Phi) is 3.34. The maximum Gasteiger partial charge on any atom is 0.177 e. The molecule has 2 aromatic heterocycles. The van der Waals surface area contributed by atoms with Crippen molar-refractivity contribution in [3.05, 3.63) is 48.8 Å². The smallest absolute Gasteiger partial charge is 0.177 e. The molecule has 1 saturated heterocycles. The van der Waals surface area contributed by atoms with Crippen molar-refractivity contribution in [1.29, 1.82) is 0 Å². The van der Waals surface area contributed by atoms with Crippen molar-refractivity contribution in [2.24, 2.45) is 0 Å². The summed E-state index contributed by atoms with van der Waals surface area (Å²) in [6.07, 6.45) is 3.91. The SMILES string of the molecule is c1ccc(OC[C@H]2CCCN2c2ccc3nncn3n2)cc1. The van der Waals surface area contributed by atoms with Crippen LogP contribution in [0.15, 0.2) is 48.8 Å². The van der Waals surface area contributed by atoms with Crippen molar-refractivity contribution in [3.8, 4) is 5.75 Å². The Morgan fingerprint density at radius 1 is 1.14 bits per heavy atom. The normalized spacial score (nSPS) is 18.0. The third-order valence-electron chi connectivity index (χ3n) is 4.00. The molecule has 6 heteroatoms. The van der Waals surface area contributed by atoms with Crippen LogP contribution in [0.25, 0.3) is 5.65 Å². The largest absolute Gasteiger partial charge is 0.491 e. The molecule has 3 heterocycles. The number of fused-ring (bicyclic) bond motifs is 1. The fourth-order valence-corrected chi connectivity index (χ4v) is 2.89. The molecule has 0 radical (unpaired) electrons. The molecule has 1 fully saturated rings. The lowest BCUT2D eigenvalue weighted by Gasteiger charge is -2.25. The van der Waals surface area contributed by atoms with Crippen molar-refractivity contribution in [1.82, 2.24) is 19.8 Å². The Balaban J connectivity index is 1.50. The van der Waals surface area contributed by atoms with E-state index in [-0.39, 0.29) is 0 Å². The summed E-state index contributed by atoms with van der Waals surface area (Å²) in [5.74, 6) is 1.86. The van der Waals surface area contributed by atoms with Crippen molar-refractivity contribution >= 4 is 11.5 Å². The maximum atomic E-state index is 5.91. The minimum atomic E-state index is 0.349. The summed E-state index contributed by atoms with van der Waals surface area (Å²) in [4.78, 5) is 2.31. The highest BCUT2D eigenvalue weighted by molar-refractivity contribution is 5.46. The monoisotopic (exact) mass is 295 g/mol. The number of ether oxygens (including phenoxy) is 1. The van der Waals surface area contributed by atoms with Gasteiger partial charge in [0.2, 0.25) is 0 Å². The van der Waals surface area contributed by atoms with Gasteiger partial charge in [-0.3, -0.25) is 0 Å². The number of hydrogen-bond acceptors (Lipinski definition) is 5. The molecule has 1 aromatic carbocycles. The molecule has 0 N–H and O–H groups in total. The fraction of sp³-hybridized carbons (Fsp3) is 0.312. The van der Waals surface area contributed by atoms with Gasteiger partial charge in [0.1, 0.15) is 24.5 Å². The second-order valence-corrected chi connectivity index (χ2v) is 5.44. The highest BCUT2D eigenvalue weighted by Gasteiger charge is 2.26. The predicted octanol–water partition coefficient (Wildman–Crippen LogP) is 2.17. The first kappa shape index (κ1) is 13.1. The van der Waals surface area contributed by atoms with Crippen LogP contribution in [-0.2, 0) is 0 Å². The first-order valence-electron chi connectivity index (χ1n) is 7.52. The topological polar surface area (TPSA) is 55.5 Å². The third-order valence-corrected chi connectivity index (χ3v) is 4.00. The predicted molar refractivity (Wildman–Crippen MR) is 83.1 cm³/mol. The van der Waals surface area contributed by atoms with Crippen LogP contribution >= 0.6 is 0 Å². The van der Waals surface area contributed by atoms with Gasteiger partial charge in [-0.2, -0.15) is 4.52 Å². The molecule has 112 valence electrons. The Labute approximate surface area is 128 Å². The van der Waals surface area contributed by atoms with E-state index in [0.29, 0.717) is 12.6 Å². The molecule has 22 heavy (non-hydrogen) atoms. The van der Waals surface area contributed by atoms with Crippen LogP contribution in [0, 0.1) is 0 Å². The Hall–Kier alpha value is -2.63. The molecule has 1 aliphatic rings. The number of anilines is 1. The molecule has 0 unspecified atom stereocenters. The summed E-state index contributed by atoms with van der Waals surface area (Å²) < 4.78 is 7.62. The zero-order valence-electron chi connectivity index (χ0n) is 12.2. The van der Waals surface area contributed by atoms with E-state index in [0.717, 1.165) is 36.6 Å². The van der Waals surface area contributed by atoms with Gasteiger partial charge in [0, 0.05) is 6.54 Å². The standard InChI is InChI=1S/C16H17N5O/c1-2-6-14(7-3-1)22-11-13-5-4-10-20(13)16-9-8-15-18-17-12-21(15)19-16/h1-3,6-9,12-13H,4-5,10-11H2/t13-/m1/s1. The quantitative estimate of drug-likeness (QED) is 0.738. The average Bonchev–Trinajstić information content (AvgIpc) is 3.22. The third kappa shape index (κ3) is 2.47. The fourth-order valence-electron chi connectivity index (χ4n) is 2.89. The van der Waals surface area contributed by atoms with Crippen LogP contribution in [0.3, 0.4) is 0 Å². The van der Waals surface area contributed by atoms with Crippen molar-refractivity contribution < 1.29 is 4.74 Å². The van der Waals surface area contributed by atoms with Crippen LogP contribution in [0.5, 0.6) is 5.75 Å². The number of rotatable bonds is 4. The molecule has 0 spiro atoms. The Morgan fingerprint density at radius 2 is 2.05 bits per heavy atom. The molecule has 0 amide bonds. The minimum absolute atomic E-state index is 0.349. The average molecular weight is 295 g/mol. The number of nitrogens with zero attached hydrogens (tertiary/aromatic N) is 5. The second-order valence-electron chi connectivity index (χ2n) is 5.44. The molecule has 4 rings (SSSR count). The lowest BCUT2D eigenvalue weighted by atomic mass is 10.2. The van der Waals surface area contributed by atoms with Gasteiger partial charge in [0.25, 0.3) is 0 Å². The van der Waals surface area contributed by atoms with Crippen LogP contribution in [0.2, 0.25) is 0 Å². The van der Waals surface area contributed by atoms with Crippen LogP contribution < -0.4 is 9.64 Å². The van der Waals surface area contributed by atoms with E-state index in [4.69, 9.17) is 4.74 Å². The second kappa shape index (κ2) is 5.63. The van der Waals surface area contributed by atoms with Crippen LogP contribution in [0.1, 0.15) is 12.8 Å². The van der Waals surface area contributed by atoms with Gasteiger partial charge in [0.15, 0.2) is 5.65 Å². The molecule has 1 aliphatic heterocycles. The van der Waals surface area contributed by atoms with E-state index >= 15 is 0 Å². The van der Waals surface area contributed by atoms with Gasteiger partial charge >= 0.3 is 0 Å². The minimum Gasteiger partial charge on any atom is -0.491 e. The first-order chi connectivity index (χ1) is 10.9. The zero-order chi connectivity index (χ0) is 14.8. The summed E-state index contributed by atoms with van der Waals surface area (Å²) in [5, 5.41) is 12.4. The molecule has 6 nitrogen and oxygen atoms in total. The summed E-state index contributed by atoms with van der Waals surface area (Å²) in [6.45, 7) is 1.68. The van der Waals surface area contributed by atoms with Crippen molar-refractivity contribution in [2.75, 3.05) is 18.1 Å². The highest BCUT2D eigenvalue weighted by Crippen LogP contribution is 2.24. The molecule has 3 aromatic rings. The lowest BCUT2D eigenvalue weighted by molar-refractivity contribution is 0.288. The summed E-state index contributed by atoms with van der Waals surface area (Å²) in [7, 11) is 0. The van der Waals surface area contributed by atoms with E-state index in [1.165, 1.54) is 0 Å². The number of para-hydroxylation sites is 1. The van der Waals surface area contributed by atoms with Gasteiger partial charge in [-0.05, 0) is 37.1 Å². The van der Waals surface area contributed by atoms with Gasteiger partial charge in [-0.15, -0.1) is 15.3 Å². The zero-order valence-corrected chi connectivity index (χ0v) is 12.2. The van der Waals surface area contributed by atoms with Crippen molar-refractivity contribution in [3.63, 3.8) is 0 Å². The van der Waals surface area contributed by atoms with E-state index in [1.807, 2.05) is 42.5 Å². The Morgan fingerprint density at radius 3 is 2.95 bits per heavy atom. The summed E-state index contributed by atoms with van der Waals surface area (Å²) >= 11 is 0. The Bertz CT molecular complexity index is 757. The maximum absolute atomic E-state index is 5.91. The van der Waals surface area contributed by atoms with Crippen LogP contribution in [-0.4, -0.2) is 39.0 Å². The van der Waals surface area contributed by atoms with Gasteiger partial charge in [-0.25, -0.2) is 0 Å². The van der Waals surface area contributed by atoms with Crippen molar-refractivity contribution in [2.45, 2.75) is 18.9 Å². The van der Waals surface area contributed by atoms with E-state index < -0.39 is 0 Å². The van der Waals surface area contributed by atoms with Crippen LogP contribution in [0.4, 0.5) is 5.82 Å². The van der Waals surface area contributed by atoms with Gasteiger partial charge in [0.05, 0.1) is 6.04 Å². The van der Waals surface area contributed by atoms with Gasteiger partial charge in [-0.1, -0.05) is 18.2 Å².